The van der Waals surface area contributed by atoms with Gasteiger partial charge < -0.3 is 11.1 Å². The summed E-state index contributed by atoms with van der Waals surface area (Å²) in [5, 5.41) is 9.58. The molecular weight excluding hydrogens is 615 g/mol. The molecule has 14 heteroatoms. The van der Waals surface area contributed by atoms with Crippen molar-refractivity contribution < 1.29 is 21.6 Å². The minimum absolute atomic E-state index is 0.0872. The van der Waals surface area contributed by atoms with E-state index >= 15 is 0 Å². The number of sulfonamides is 1. The Kier molecular flexibility index (Phi) is 10.4. The molecule has 1 atom stereocenters. The molecule has 3 N–H and O–H groups in total. The molecule has 0 saturated carbocycles. The van der Waals surface area contributed by atoms with Crippen LogP contribution in [0.3, 0.4) is 0 Å². The zero-order valence-electron chi connectivity index (χ0n) is 23.8. The van der Waals surface area contributed by atoms with Crippen LogP contribution in [0.2, 0.25) is 5.02 Å². The molecule has 1 fully saturated rings. The molecule has 2 aliphatic heterocycles. The maximum atomic E-state index is 13.4. The van der Waals surface area contributed by atoms with Crippen LogP contribution in [0, 0.1) is 5.92 Å². The van der Waals surface area contributed by atoms with E-state index in [0.717, 1.165) is 25.0 Å². The number of nitrogens with zero attached hydrogens (tertiary/aromatic N) is 5. The van der Waals surface area contributed by atoms with Crippen molar-refractivity contribution in [2.24, 2.45) is 31.1 Å². The van der Waals surface area contributed by atoms with Crippen LogP contribution >= 0.6 is 11.6 Å². The maximum Gasteiger partial charge on any atom is 0.416 e. The minimum atomic E-state index is -4.64. The second-order valence-corrected chi connectivity index (χ2v) is 11.9. The number of piperidine rings is 1. The fourth-order valence-electron chi connectivity index (χ4n) is 4.41. The van der Waals surface area contributed by atoms with Crippen molar-refractivity contribution in [2.45, 2.75) is 37.3 Å². The van der Waals surface area contributed by atoms with E-state index in [1.54, 1.807) is 24.3 Å². The SMILES string of the molecule is C=C(/C=C\C=C/C)[C@H]1CN(C(/N=C(N)/N=C2/CCCCN2)=N/S(=O)(=O)c2ccc(C(F)(F)F)cc2)N=C1c1ccc(Cl)cc1. The van der Waals surface area contributed by atoms with Crippen LogP contribution in [0.4, 0.5) is 13.2 Å². The first-order chi connectivity index (χ1) is 20.9. The number of nitrogens with one attached hydrogen (secondary N) is 1. The second kappa shape index (κ2) is 14.0. The average molecular weight is 646 g/mol. The third-order valence-corrected chi connectivity index (χ3v) is 8.18. The van der Waals surface area contributed by atoms with E-state index in [1.165, 1.54) is 5.01 Å². The van der Waals surface area contributed by atoms with Crippen LogP contribution in [0.5, 0.6) is 0 Å². The van der Waals surface area contributed by atoms with Crippen LogP contribution in [-0.2, 0) is 16.2 Å². The third kappa shape index (κ3) is 8.44. The first-order valence-corrected chi connectivity index (χ1v) is 15.5. The van der Waals surface area contributed by atoms with Crippen molar-refractivity contribution in [1.82, 2.24) is 10.3 Å². The topological polar surface area (TPSA) is 125 Å². The number of rotatable bonds is 6. The summed E-state index contributed by atoms with van der Waals surface area (Å²) in [6, 6.07) is 9.96. The fraction of sp³-hybridized carbons (Fsp3) is 0.267. The van der Waals surface area contributed by atoms with Crippen molar-refractivity contribution in [3.63, 3.8) is 0 Å². The van der Waals surface area contributed by atoms with Gasteiger partial charge in [-0.2, -0.15) is 31.7 Å². The molecule has 2 heterocycles. The molecule has 0 bridgehead atoms. The summed E-state index contributed by atoms with van der Waals surface area (Å²) in [4.78, 5) is 8.05. The highest BCUT2D eigenvalue weighted by Gasteiger charge is 2.34. The molecule has 2 aromatic rings. The predicted molar refractivity (Wildman–Crippen MR) is 168 cm³/mol. The lowest BCUT2D eigenvalue weighted by atomic mass is 9.91. The van der Waals surface area contributed by atoms with E-state index in [-0.39, 0.29) is 12.5 Å². The first-order valence-electron chi connectivity index (χ1n) is 13.7. The number of nitrogens with two attached hydrogens (primary N) is 1. The fourth-order valence-corrected chi connectivity index (χ4v) is 5.47. The standard InChI is InChI=1S/C30H31ClF3N7O2S/c1-3-4-5-8-20(2)25-19-41(39-27(25)21-10-14-23(31)15-11-21)29(38-28(35)37-26-9-6-7-18-36-26)40-44(42,43)24-16-12-22(13-17-24)30(32,33)34/h3-5,8,10-17,25H,2,6-7,9,18-19H2,1H3,(H3,35,36,37,38,40)/b4-3-,8-5-/t25-/m1/s1. The Morgan fingerprint density at radius 2 is 1.84 bits per heavy atom. The second-order valence-electron chi connectivity index (χ2n) is 9.89. The molecule has 1 saturated heterocycles. The number of hydrazone groups is 1. The summed E-state index contributed by atoms with van der Waals surface area (Å²) in [6.07, 6.45) is 5.19. The van der Waals surface area contributed by atoms with Gasteiger partial charge in [0, 0.05) is 23.9 Å². The Balaban J connectivity index is 1.80. The molecule has 0 radical (unpaired) electrons. The largest absolute Gasteiger partial charge is 0.416 e. The Morgan fingerprint density at radius 3 is 2.45 bits per heavy atom. The van der Waals surface area contributed by atoms with E-state index < -0.39 is 38.5 Å². The molecule has 0 spiro atoms. The Morgan fingerprint density at radius 1 is 1.14 bits per heavy atom. The molecule has 232 valence electrons. The number of allylic oxidation sites excluding steroid dienone is 4. The van der Waals surface area contributed by atoms with E-state index in [4.69, 9.17) is 17.3 Å². The minimum Gasteiger partial charge on any atom is -0.373 e. The monoisotopic (exact) mass is 645 g/mol. The number of hydrogen-bond acceptors (Lipinski definition) is 3. The van der Waals surface area contributed by atoms with E-state index in [9.17, 15) is 21.6 Å². The van der Waals surface area contributed by atoms with Crippen molar-refractivity contribution in [3.8, 4) is 0 Å². The molecule has 0 amide bonds. The highest BCUT2D eigenvalue weighted by atomic mass is 35.5. The van der Waals surface area contributed by atoms with Gasteiger partial charge in [-0.15, -0.1) is 4.40 Å². The molecular formula is C30H31ClF3N7O2S. The highest BCUT2D eigenvalue weighted by Crippen LogP contribution is 2.31. The van der Waals surface area contributed by atoms with Crippen LogP contribution in [-0.4, -0.2) is 50.0 Å². The van der Waals surface area contributed by atoms with Gasteiger partial charge in [0.25, 0.3) is 16.0 Å². The zero-order valence-corrected chi connectivity index (χ0v) is 25.4. The summed E-state index contributed by atoms with van der Waals surface area (Å²) < 4.78 is 69.9. The quantitative estimate of drug-likeness (QED) is 0.229. The smallest absolute Gasteiger partial charge is 0.373 e. The number of halogens is 4. The third-order valence-electron chi connectivity index (χ3n) is 6.66. The Labute approximate surface area is 259 Å². The van der Waals surface area contributed by atoms with Gasteiger partial charge >= 0.3 is 6.18 Å². The molecule has 4 rings (SSSR count). The molecule has 44 heavy (non-hydrogen) atoms. The van der Waals surface area contributed by atoms with Crippen LogP contribution in [0.1, 0.15) is 37.3 Å². The predicted octanol–water partition coefficient (Wildman–Crippen LogP) is 5.91. The lowest BCUT2D eigenvalue weighted by Gasteiger charge is -2.17. The van der Waals surface area contributed by atoms with Crippen molar-refractivity contribution in [2.75, 3.05) is 13.1 Å². The zero-order chi connectivity index (χ0) is 31.9. The van der Waals surface area contributed by atoms with Crippen LogP contribution in [0.25, 0.3) is 0 Å². The number of alkyl halides is 3. The van der Waals surface area contributed by atoms with Gasteiger partial charge in [-0.3, -0.25) is 0 Å². The van der Waals surface area contributed by atoms with E-state index in [0.29, 0.717) is 52.8 Å². The average Bonchev–Trinajstić information content (AvgIpc) is 3.43. The first kappa shape index (κ1) is 32.7. The van der Waals surface area contributed by atoms with Gasteiger partial charge in [-0.05, 0) is 67.3 Å². The molecule has 0 unspecified atom stereocenters. The molecule has 2 aromatic carbocycles. The summed E-state index contributed by atoms with van der Waals surface area (Å²) in [7, 11) is -4.56. The number of aliphatic imine (C=N–C) groups is 2. The van der Waals surface area contributed by atoms with Crippen LogP contribution in [0.15, 0.2) is 109 Å². The summed E-state index contributed by atoms with van der Waals surface area (Å²) >= 11 is 6.10. The molecule has 2 aliphatic rings. The normalized spacial score (nSPS) is 19.6. The van der Waals surface area contributed by atoms with Gasteiger partial charge in [0.05, 0.1) is 22.7 Å². The van der Waals surface area contributed by atoms with E-state index in [2.05, 4.69) is 31.4 Å². The lowest BCUT2D eigenvalue weighted by Crippen LogP contribution is -2.32. The molecule has 0 aliphatic carbocycles. The van der Waals surface area contributed by atoms with Gasteiger partial charge in [0.2, 0.25) is 5.96 Å². The maximum absolute atomic E-state index is 13.4. The molecule has 0 aromatic heterocycles. The van der Waals surface area contributed by atoms with Gasteiger partial charge in [0.15, 0.2) is 0 Å². The van der Waals surface area contributed by atoms with Gasteiger partial charge in [-0.1, -0.05) is 54.6 Å². The number of hydrogen-bond donors (Lipinski definition) is 2. The lowest BCUT2D eigenvalue weighted by molar-refractivity contribution is -0.137. The van der Waals surface area contributed by atoms with E-state index in [1.807, 2.05) is 31.2 Å². The molecule has 9 nitrogen and oxygen atoms in total. The number of guanidine groups is 2. The highest BCUT2D eigenvalue weighted by molar-refractivity contribution is 7.90. The van der Waals surface area contributed by atoms with Crippen molar-refractivity contribution in [3.05, 3.63) is 101 Å². The number of benzene rings is 2. The van der Waals surface area contributed by atoms with Gasteiger partial charge in [-0.25, -0.2) is 10.0 Å². The van der Waals surface area contributed by atoms with Gasteiger partial charge in [0.1, 0.15) is 5.84 Å². The van der Waals surface area contributed by atoms with Crippen molar-refractivity contribution >= 4 is 45.1 Å². The Bertz CT molecular complexity index is 1650. The number of amidine groups is 1. The Hall–Kier alpha value is -4.23. The summed E-state index contributed by atoms with van der Waals surface area (Å²) in [6.45, 7) is 6.86. The summed E-state index contributed by atoms with van der Waals surface area (Å²) in [5.41, 5.74) is 7.06. The van der Waals surface area contributed by atoms with Crippen molar-refractivity contribution in [1.29, 1.82) is 0 Å². The van der Waals surface area contributed by atoms with Crippen LogP contribution < -0.4 is 11.1 Å². The summed E-state index contributed by atoms with van der Waals surface area (Å²) in [5.74, 6) is -0.509.